The first kappa shape index (κ1) is 12.0. The van der Waals surface area contributed by atoms with Crippen molar-refractivity contribution in [1.29, 1.82) is 5.41 Å². The molecule has 0 bridgehead atoms. The molecule has 2 aromatic rings. The molecule has 0 atom stereocenters. The van der Waals surface area contributed by atoms with Gasteiger partial charge in [-0.3, -0.25) is 5.41 Å². The maximum absolute atomic E-state index is 7.22. The number of hydrogen-bond donors (Lipinski definition) is 2. The zero-order chi connectivity index (χ0) is 12.1. The number of hydrogen-bond acceptors (Lipinski definition) is 4. The summed E-state index contributed by atoms with van der Waals surface area (Å²) in [5, 5.41) is 7.22. The molecule has 0 unspecified atom stereocenters. The standard InChI is InChI=1S/C9H9N5.C2H6/c1-5-4-12-9-7(13-5)3-2-6(14-9)8(10)11;1-2/h2-4H,1H3,(H3,10,11);1-2H3. The van der Waals surface area contributed by atoms with Crippen LogP contribution >= 0.6 is 0 Å². The maximum atomic E-state index is 7.22. The van der Waals surface area contributed by atoms with Gasteiger partial charge in [0.15, 0.2) is 5.65 Å². The minimum atomic E-state index is -0.0609. The second-order valence-corrected chi connectivity index (χ2v) is 2.96. The second kappa shape index (κ2) is 5.16. The van der Waals surface area contributed by atoms with Crippen LogP contribution in [0.4, 0.5) is 0 Å². The molecule has 0 aliphatic carbocycles. The van der Waals surface area contributed by atoms with Crippen molar-refractivity contribution in [3.8, 4) is 0 Å². The Bertz CT molecular complexity index is 507. The van der Waals surface area contributed by atoms with Crippen LogP contribution in [0.5, 0.6) is 0 Å². The highest BCUT2D eigenvalue weighted by molar-refractivity contribution is 5.94. The van der Waals surface area contributed by atoms with E-state index < -0.39 is 0 Å². The summed E-state index contributed by atoms with van der Waals surface area (Å²) in [5.74, 6) is -0.0609. The van der Waals surface area contributed by atoms with Crippen molar-refractivity contribution in [2.24, 2.45) is 5.73 Å². The maximum Gasteiger partial charge on any atom is 0.178 e. The van der Waals surface area contributed by atoms with Crippen LogP contribution < -0.4 is 5.73 Å². The molecule has 0 saturated carbocycles. The van der Waals surface area contributed by atoms with Gasteiger partial charge in [0.05, 0.1) is 11.9 Å². The number of pyridine rings is 1. The summed E-state index contributed by atoms with van der Waals surface area (Å²) in [6, 6.07) is 3.43. The van der Waals surface area contributed by atoms with E-state index >= 15 is 0 Å². The monoisotopic (exact) mass is 217 g/mol. The van der Waals surface area contributed by atoms with Crippen LogP contribution in [0.25, 0.3) is 11.2 Å². The highest BCUT2D eigenvalue weighted by Crippen LogP contribution is 2.07. The average molecular weight is 217 g/mol. The highest BCUT2D eigenvalue weighted by Gasteiger charge is 2.02. The van der Waals surface area contributed by atoms with E-state index in [2.05, 4.69) is 15.0 Å². The molecule has 5 nitrogen and oxygen atoms in total. The first-order valence-corrected chi connectivity index (χ1v) is 5.11. The largest absolute Gasteiger partial charge is 0.382 e. The molecule has 0 fully saturated rings. The van der Waals surface area contributed by atoms with E-state index in [0.717, 1.165) is 11.2 Å². The summed E-state index contributed by atoms with van der Waals surface area (Å²) in [7, 11) is 0. The van der Waals surface area contributed by atoms with Crippen molar-refractivity contribution in [3.05, 3.63) is 29.7 Å². The number of fused-ring (bicyclic) bond motifs is 1. The van der Waals surface area contributed by atoms with Crippen LogP contribution in [0, 0.1) is 12.3 Å². The Morgan fingerprint density at radius 3 is 2.56 bits per heavy atom. The van der Waals surface area contributed by atoms with Crippen LogP contribution in [0.1, 0.15) is 25.2 Å². The van der Waals surface area contributed by atoms with Gasteiger partial charge in [-0.2, -0.15) is 0 Å². The first-order valence-electron chi connectivity index (χ1n) is 5.11. The smallest absolute Gasteiger partial charge is 0.178 e. The Hall–Kier alpha value is -2.04. The molecule has 0 spiro atoms. The van der Waals surface area contributed by atoms with Gasteiger partial charge >= 0.3 is 0 Å². The van der Waals surface area contributed by atoms with Gasteiger partial charge in [-0.25, -0.2) is 15.0 Å². The number of amidine groups is 1. The molecule has 0 amide bonds. The van der Waals surface area contributed by atoms with Crippen molar-refractivity contribution >= 4 is 17.0 Å². The number of nitrogens with two attached hydrogens (primary N) is 1. The molecule has 16 heavy (non-hydrogen) atoms. The lowest BCUT2D eigenvalue weighted by atomic mass is 10.3. The molecule has 0 radical (unpaired) electrons. The fraction of sp³-hybridized carbons (Fsp3) is 0.273. The number of rotatable bonds is 1. The summed E-state index contributed by atoms with van der Waals surface area (Å²) in [5.41, 5.74) is 7.81. The molecular weight excluding hydrogens is 202 g/mol. The van der Waals surface area contributed by atoms with Gasteiger partial charge in [0, 0.05) is 0 Å². The van der Waals surface area contributed by atoms with Crippen molar-refractivity contribution in [3.63, 3.8) is 0 Å². The predicted octanol–water partition coefficient (Wildman–Crippen LogP) is 1.64. The van der Waals surface area contributed by atoms with Crippen LogP contribution in [-0.4, -0.2) is 20.8 Å². The van der Waals surface area contributed by atoms with E-state index in [0.29, 0.717) is 11.3 Å². The first-order chi connectivity index (χ1) is 7.66. The minimum absolute atomic E-state index is 0.0609. The van der Waals surface area contributed by atoms with Crippen LogP contribution in [0.15, 0.2) is 18.3 Å². The Balaban J connectivity index is 0.000000606. The summed E-state index contributed by atoms with van der Waals surface area (Å²) in [6.45, 7) is 5.87. The van der Waals surface area contributed by atoms with Crippen molar-refractivity contribution in [2.45, 2.75) is 20.8 Å². The quantitative estimate of drug-likeness (QED) is 0.561. The zero-order valence-corrected chi connectivity index (χ0v) is 9.65. The molecule has 0 saturated heterocycles. The normalized spacial score (nSPS) is 9.44. The fourth-order valence-corrected chi connectivity index (χ4v) is 1.15. The van der Waals surface area contributed by atoms with Gasteiger partial charge in [-0.15, -0.1) is 0 Å². The van der Waals surface area contributed by atoms with E-state index in [1.807, 2.05) is 20.8 Å². The second-order valence-electron chi connectivity index (χ2n) is 2.96. The van der Waals surface area contributed by atoms with Gasteiger partial charge < -0.3 is 5.73 Å². The third kappa shape index (κ3) is 2.50. The summed E-state index contributed by atoms with van der Waals surface area (Å²) in [6.07, 6.45) is 1.64. The van der Waals surface area contributed by atoms with E-state index in [4.69, 9.17) is 11.1 Å². The van der Waals surface area contributed by atoms with Crippen molar-refractivity contribution in [1.82, 2.24) is 15.0 Å². The van der Waals surface area contributed by atoms with Crippen molar-refractivity contribution in [2.75, 3.05) is 0 Å². The lowest BCUT2D eigenvalue weighted by Crippen LogP contribution is -2.13. The predicted molar refractivity (Wildman–Crippen MR) is 64.4 cm³/mol. The number of aryl methyl sites for hydroxylation is 1. The van der Waals surface area contributed by atoms with Crippen LogP contribution in [-0.2, 0) is 0 Å². The van der Waals surface area contributed by atoms with Gasteiger partial charge in [0.25, 0.3) is 0 Å². The minimum Gasteiger partial charge on any atom is -0.382 e. The van der Waals surface area contributed by atoms with Gasteiger partial charge in [-0.05, 0) is 19.1 Å². The third-order valence-corrected chi connectivity index (χ3v) is 1.80. The summed E-state index contributed by atoms with van der Waals surface area (Å²) in [4.78, 5) is 12.4. The molecule has 2 aromatic heterocycles. The molecule has 2 rings (SSSR count). The molecular formula is C11H15N5. The third-order valence-electron chi connectivity index (χ3n) is 1.80. The Labute approximate surface area is 94.3 Å². The highest BCUT2D eigenvalue weighted by atomic mass is 14.9. The number of nitrogens with one attached hydrogen (secondary N) is 1. The molecule has 3 N–H and O–H groups in total. The molecule has 84 valence electrons. The SMILES string of the molecule is CC.Cc1cnc2nc(C(=N)N)ccc2n1. The number of nitrogens with zero attached hydrogens (tertiary/aromatic N) is 3. The van der Waals surface area contributed by atoms with Gasteiger partial charge in [-0.1, -0.05) is 13.8 Å². The Kier molecular flexibility index (Phi) is 3.88. The van der Waals surface area contributed by atoms with E-state index in [1.54, 1.807) is 18.3 Å². The van der Waals surface area contributed by atoms with E-state index in [1.165, 1.54) is 0 Å². The Morgan fingerprint density at radius 2 is 1.94 bits per heavy atom. The van der Waals surface area contributed by atoms with E-state index in [-0.39, 0.29) is 5.84 Å². The molecule has 2 heterocycles. The lowest BCUT2D eigenvalue weighted by molar-refractivity contribution is 1.14. The van der Waals surface area contributed by atoms with E-state index in [9.17, 15) is 0 Å². The van der Waals surface area contributed by atoms with Gasteiger partial charge in [0.1, 0.15) is 17.0 Å². The topological polar surface area (TPSA) is 88.5 Å². The van der Waals surface area contributed by atoms with Crippen molar-refractivity contribution < 1.29 is 0 Å². The average Bonchev–Trinajstić information content (AvgIpc) is 2.30. The summed E-state index contributed by atoms with van der Waals surface area (Å²) < 4.78 is 0. The lowest BCUT2D eigenvalue weighted by Gasteiger charge is -1.99. The molecule has 0 aromatic carbocycles. The molecule has 0 aliphatic heterocycles. The summed E-state index contributed by atoms with van der Waals surface area (Å²) >= 11 is 0. The number of aromatic nitrogens is 3. The zero-order valence-electron chi connectivity index (χ0n) is 9.65. The van der Waals surface area contributed by atoms with Crippen LogP contribution in [0.2, 0.25) is 0 Å². The van der Waals surface area contributed by atoms with Crippen LogP contribution in [0.3, 0.4) is 0 Å². The fourth-order valence-electron chi connectivity index (χ4n) is 1.15. The Morgan fingerprint density at radius 1 is 1.25 bits per heavy atom. The van der Waals surface area contributed by atoms with Gasteiger partial charge in [0.2, 0.25) is 0 Å². The molecule has 0 aliphatic rings. The molecule has 5 heteroatoms. The number of nitrogen functional groups attached to an aromatic ring is 1.